The van der Waals surface area contributed by atoms with Gasteiger partial charge in [-0.1, -0.05) is 86.0 Å². The molecular formula is C46H57Cl2N7O4. The van der Waals surface area contributed by atoms with Crippen molar-refractivity contribution in [2.75, 3.05) is 17.2 Å². The summed E-state index contributed by atoms with van der Waals surface area (Å²) in [5, 5.41) is 16.0. The second-order valence-corrected chi connectivity index (χ2v) is 18.2. The van der Waals surface area contributed by atoms with Crippen LogP contribution in [0.1, 0.15) is 134 Å². The Morgan fingerprint density at radius 1 is 0.678 bits per heavy atom. The van der Waals surface area contributed by atoms with Crippen molar-refractivity contribution in [3.05, 3.63) is 80.9 Å². The first kappa shape index (κ1) is 41.5. The van der Waals surface area contributed by atoms with Crippen molar-refractivity contribution in [3.8, 4) is 11.1 Å². The van der Waals surface area contributed by atoms with Crippen LogP contribution in [0.2, 0.25) is 10.0 Å². The smallest absolute Gasteiger partial charge is 0.306 e. The largest absolute Gasteiger partial charge is 0.481 e. The van der Waals surface area contributed by atoms with Crippen molar-refractivity contribution >= 4 is 52.4 Å². The molecule has 2 amide bonds. The number of benzene rings is 2. The highest BCUT2D eigenvalue weighted by Gasteiger charge is 2.31. The predicted octanol–water partition coefficient (Wildman–Crippen LogP) is 9.88. The van der Waals surface area contributed by atoms with Crippen LogP contribution in [0.15, 0.2) is 36.4 Å². The fourth-order valence-corrected chi connectivity index (χ4v) is 10.9. The molecule has 0 radical (unpaired) electrons. The quantitative estimate of drug-likeness (QED) is 0.145. The van der Waals surface area contributed by atoms with Gasteiger partial charge in [0.1, 0.15) is 0 Å². The van der Waals surface area contributed by atoms with E-state index in [0.717, 1.165) is 100 Å². The van der Waals surface area contributed by atoms with Crippen LogP contribution in [-0.4, -0.2) is 59.5 Å². The molecule has 0 saturated heterocycles. The molecule has 0 spiro atoms. The first-order valence-electron chi connectivity index (χ1n) is 21.8. The number of amides is 2. The Kier molecular flexibility index (Phi) is 12.8. The molecule has 8 rings (SSSR count). The lowest BCUT2D eigenvalue weighted by Crippen LogP contribution is -2.40. The van der Waals surface area contributed by atoms with Crippen LogP contribution >= 0.6 is 23.2 Å². The fraction of sp³-hybridized carbons (Fsp3) is 0.543. The summed E-state index contributed by atoms with van der Waals surface area (Å²) in [6.07, 6.45) is 18.1. The molecule has 3 N–H and O–H groups in total. The van der Waals surface area contributed by atoms with Crippen molar-refractivity contribution in [1.82, 2.24) is 24.0 Å². The van der Waals surface area contributed by atoms with Gasteiger partial charge in [-0.2, -0.15) is 0 Å². The van der Waals surface area contributed by atoms with E-state index in [1.807, 2.05) is 47.5 Å². The predicted molar refractivity (Wildman–Crippen MR) is 232 cm³/mol. The lowest BCUT2D eigenvalue weighted by molar-refractivity contribution is -0.143. The molecule has 1 unspecified atom stereocenters. The number of carbonyl (C=O) groups excluding carboxylic acids is 2. The molecule has 1 aliphatic heterocycles. The van der Waals surface area contributed by atoms with E-state index in [1.54, 1.807) is 12.1 Å². The molecule has 2 aromatic heterocycles. The number of rotatable bonds is 10. The van der Waals surface area contributed by atoms with Gasteiger partial charge in [0.25, 0.3) is 11.8 Å². The number of hydrogen-bond acceptors (Lipinski definition) is 6. The molecule has 2 fully saturated rings. The maximum atomic E-state index is 13.8. The van der Waals surface area contributed by atoms with Crippen molar-refractivity contribution < 1.29 is 19.5 Å². The second kappa shape index (κ2) is 18.2. The molecule has 314 valence electrons. The van der Waals surface area contributed by atoms with E-state index in [-0.39, 0.29) is 17.7 Å². The molecule has 4 aliphatic rings. The number of carboxylic acid groups (broad SMARTS) is 1. The van der Waals surface area contributed by atoms with Crippen LogP contribution in [0.3, 0.4) is 0 Å². The SMILES string of the molecule is Cn1c(C(=O)Nc2cccc(-c3cccc(NC(=O)c4nc5c(n4C)CCN(C4CCCCC4)C5)c3Cl)c2Cl)nc2c1CCC(CC[C@H]1CC[C@H](C(=O)O)CC1)CCC2. The number of nitrogens with zero attached hydrogens (tertiary/aromatic N) is 5. The van der Waals surface area contributed by atoms with E-state index in [9.17, 15) is 19.5 Å². The van der Waals surface area contributed by atoms with Crippen LogP contribution < -0.4 is 10.6 Å². The Labute approximate surface area is 357 Å². The van der Waals surface area contributed by atoms with Gasteiger partial charge in [0.2, 0.25) is 0 Å². The zero-order chi connectivity index (χ0) is 41.2. The van der Waals surface area contributed by atoms with Crippen LogP contribution in [0.4, 0.5) is 11.4 Å². The van der Waals surface area contributed by atoms with Gasteiger partial charge in [-0.25, -0.2) is 9.97 Å². The molecule has 3 heterocycles. The van der Waals surface area contributed by atoms with Gasteiger partial charge >= 0.3 is 5.97 Å². The van der Waals surface area contributed by atoms with Crippen LogP contribution in [0, 0.1) is 17.8 Å². The van der Waals surface area contributed by atoms with Crippen molar-refractivity contribution in [1.29, 1.82) is 0 Å². The Hall–Kier alpha value is -4.19. The van der Waals surface area contributed by atoms with Gasteiger partial charge in [0.15, 0.2) is 11.6 Å². The van der Waals surface area contributed by atoms with Gasteiger partial charge in [-0.3, -0.25) is 19.3 Å². The van der Waals surface area contributed by atoms with Crippen molar-refractivity contribution in [2.24, 2.45) is 31.8 Å². The average Bonchev–Trinajstić information content (AvgIpc) is 3.73. The van der Waals surface area contributed by atoms with E-state index in [1.165, 1.54) is 44.9 Å². The third kappa shape index (κ3) is 8.98. The van der Waals surface area contributed by atoms with Gasteiger partial charge in [-0.05, 0) is 88.2 Å². The molecule has 3 aliphatic carbocycles. The Morgan fingerprint density at radius 2 is 1.24 bits per heavy atom. The minimum atomic E-state index is -0.644. The van der Waals surface area contributed by atoms with Crippen LogP contribution in [0.5, 0.6) is 0 Å². The van der Waals surface area contributed by atoms with E-state index in [2.05, 4.69) is 15.5 Å². The number of carbonyl (C=O) groups is 3. The van der Waals surface area contributed by atoms with Crippen LogP contribution in [-0.2, 0) is 44.7 Å². The van der Waals surface area contributed by atoms with E-state index in [0.29, 0.717) is 62.1 Å². The summed E-state index contributed by atoms with van der Waals surface area (Å²) in [5.41, 5.74) is 6.31. The van der Waals surface area contributed by atoms with Crippen molar-refractivity contribution in [3.63, 3.8) is 0 Å². The molecule has 0 bridgehead atoms. The van der Waals surface area contributed by atoms with Gasteiger partial charge in [0.05, 0.1) is 38.7 Å². The highest BCUT2D eigenvalue weighted by Crippen LogP contribution is 2.41. The molecule has 2 saturated carbocycles. The average molecular weight is 843 g/mol. The Bertz CT molecular complexity index is 2200. The lowest BCUT2D eigenvalue weighted by atomic mass is 9.78. The minimum Gasteiger partial charge on any atom is -0.481 e. The number of carboxylic acids is 1. The van der Waals surface area contributed by atoms with E-state index >= 15 is 0 Å². The third-order valence-corrected chi connectivity index (χ3v) is 14.7. The number of fused-ring (bicyclic) bond motifs is 2. The molecule has 2 aromatic carbocycles. The highest BCUT2D eigenvalue weighted by molar-refractivity contribution is 6.40. The zero-order valence-electron chi connectivity index (χ0n) is 34.4. The Morgan fingerprint density at radius 3 is 1.83 bits per heavy atom. The summed E-state index contributed by atoms with van der Waals surface area (Å²) >= 11 is 14.0. The normalized spacial score (nSPS) is 21.5. The second-order valence-electron chi connectivity index (χ2n) is 17.5. The maximum Gasteiger partial charge on any atom is 0.306 e. The fourth-order valence-electron chi connectivity index (χ4n) is 10.3. The first-order chi connectivity index (χ1) is 28.5. The molecule has 11 nitrogen and oxygen atoms in total. The summed E-state index contributed by atoms with van der Waals surface area (Å²) in [7, 11) is 3.83. The summed E-state index contributed by atoms with van der Waals surface area (Å²) in [6, 6.07) is 11.5. The van der Waals surface area contributed by atoms with E-state index < -0.39 is 5.97 Å². The highest BCUT2D eigenvalue weighted by atomic mass is 35.5. The summed E-state index contributed by atoms with van der Waals surface area (Å²) in [6.45, 7) is 1.76. The topological polar surface area (TPSA) is 134 Å². The lowest BCUT2D eigenvalue weighted by Gasteiger charge is -2.36. The number of hydrogen-bond donors (Lipinski definition) is 3. The van der Waals surface area contributed by atoms with Gasteiger partial charge in [-0.15, -0.1) is 0 Å². The van der Waals surface area contributed by atoms with E-state index in [4.69, 9.17) is 33.2 Å². The minimum absolute atomic E-state index is 0.166. The van der Waals surface area contributed by atoms with Gasteiger partial charge in [0, 0.05) is 62.2 Å². The summed E-state index contributed by atoms with van der Waals surface area (Å²) in [4.78, 5) is 51.1. The number of aromatic nitrogens is 4. The van der Waals surface area contributed by atoms with Crippen molar-refractivity contribution in [2.45, 2.75) is 122 Å². The monoisotopic (exact) mass is 841 g/mol. The summed E-state index contributed by atoms with van der Waals surface area (Å²) < 4.78 is 3.85. The third-order valence-electron chi connectivity index (χ3n) is 13.9. The number of aryl methyl sites for hydroxylation is 1. The maximum absolute atomic E-state index is 13.8. The first-order valence-corrected chi connectivity index (χ1v) is 22.6. The Balaban J connectivity index is 0.915. The number of halogens is 2. The number of imidazole rings is 2. The number of anilines is 2. The summed E-state index contributed by atoms with van der Waals surface area (Å²) in [5.74, 6) is 0.488. The number of aliphatic carboxylic acids is 1. The standard InChI is InChI=1S/C46H57Cl2N7O4/c1-53-38-24-21-28(17-18-29-19-22-30(23-20-29)46(58)59)9-6-14-34(38)49-42(53)44(56)51-35-15-7-12-32(40(35)47)33-13-8-16-36(41(33)48)52-45(57)43-50-37-27-55(26-25-39(37)54(43)2)31-10-4-3-5-11-31/h7-8,12-13,15-16,28-31H,3-6,9-11,14,17-27H2,1-2H3,(H,51,56)(H,52,57)(H,58,59)/t28?,29-,30-. The molecule has 13 heteroatoms. The van der Waals surface area contributed by atoms with Crippen LogP contribution in [0.25, 0.3) is 11.1 Å². The number of nitrogens with one attached hydrogen (secondary N) is 2. The molecular weight excluding hydrogens is 785 g/mol. The zero-order valence-corrected chi connectivity index (χ0v) is 35.9. The molecule has 59 heavy (non-hydrogen) atoms. The molecule has 4 aromatic rings. The molecule has 1 atom stereocenters. The van der Waals surface area contributed by atoms with Gasteiger partial charge < -0.3 is 24.9 Å².